The minimum absolute atomic E-state index is 0.0703. The van der Waals surface area contributed by atoms with E-state index in [2.05, 4.69) is 15.7 Å². The number of amides is 2. The van der Waals surface area contributed by atoms with Crippen molar-refractivity contribution in [3.05, 3.63) is 69.8 Å². The third-order valence-electron chi connectivity index (χ3n) is 6.35. The Hall–Kier alpha value is -3.55. The summed E-state index contributed by atoms with van der Waals surface area (Å²) in [5.41, 5.74) is 2.87. The van der Waals surface area contributed by atoms with Gasteiger partial charge in [0.05, 0.1) is 16.8 Å². The zero-order chi connectivity index (χ0) is 23.4. The van der Waals surface area contributed by atoms with Gasteiger partial charge in [-0.05, 0) is 56.7 Å². The summed E-state index contributed by atoms with van der Waals surface area (Å²) in [6.07, 6.45) is 3.85. The molecule has 2 heterocycles. The predicted octanol–water partition coefficient (Wildman–Crippen LogP) is 2.55. The van der Waals surface area contributed by atoms with E-state index in [9.17, 15) is 14.4 Å². The second kappa shape index (κ2) is 9.94. The van der Waals surface area contributed by atoms with Crippen LogP contribution in [0.2, 0.25) is 0 Å². The van der Waals surface area contributed by atoms with Gasteiger partial charge >= 0.3 is 0 Å². The molecule has 33 heavy (non-hydrogen) atoms. The highest BCUT2D eigenvalue weighted by Gasteiger charge is 2.25. The van der Waals surface area contributed by atoms with Crippen molar-refractivity contribution in [3.63, 3.8) is 0 Å². The van der Waals surface area contributed by atoms with E-state index in [-0.39, 0.29) is 23.9 Å². The number of aryl methyl sites for hydroxylation is 1. The number of benzene rings is 1. The molecular weight excluding hydrogens is 418 g/mol. The van der Waals surface area contributed by atoms with Crippen molar-refractivity contribution >= 4 is 22.7 Å². The minimum Gasteiger partial charge on any atom is -0.355 e. The molecule has 0 spiro atoms. The second-order valence-corrected chi connectivity index (χ2v) is 8.68. The Bertz CT molecular complexity index is 1230. The first-order chi connectivity index (χ1) is 15.9. The first-order valence-electron chi connectivity index (χ1n) is 11.4. The summed E-state index contributed by atoms with van der Waals surface area (Å²) in [5, 5.41) is 10.6. The van der Waals surface area contributed by atoms with Gasteiger partial charge in [0.15, 0.2) is 0 Å². The largest absolute Gasteiger partial charge is 0.355 e. The monoisotopic (exact) mass is 447 g/mol. The number of hydrogen-bond donors (Lipinski definition) is 2. The third-order valence-corrected chi connectivity index (χ3v) is 6.35. The molecule has 1 aliphatic rings. The lowest BCUT2D eigenvalue weighted by molar-refractivity contribution is -0.122. The van der Waals surface area contributed by atoms with E-state index in [1.54, 1.807) is 20.0 Å². The lowest BCUT2D eigenvalue weighted by Crippen LogP contribution is -2.36. The number of carbonyl (C=O) groups excluding carboxylic acids is 2. The molecule has 0 atom stereocenters. The topological polar surface area (TPSA) is 106 Å². The number of nitrogens with zero attached hydrogens (tertiary/aromatic N) is 3. The number of rotatable bonds is 6. The third kappa shape index (κ3) is 5.27. The highest BCUT2D eigenvalue weighted by molar-refractivity contribution is 6.06. The lowest BCUT2D eigenvalue weighted by atomic mass is 9.80. The predicted molar refractivity (Wildman–Crippen MR) is 126 cm³/mol. The molecule has 8 heteroatoms. The quantitative estimate of drug-likeness (QED) is 0.604. The average molecular weight is 448 g/mol. The fraction of sp³-hybridized carbons (Fsp3) is 0.400. The number of nitrogens with one attached hydrogen (secondary N) is 2. The number of pyridine rings is 1. The Morgan fingerprint density at radius 2 is 1.85 bits per heavy atom. The number of hydrogen-bond acceptors (Lipinski definition) is 5. The van der Waals surface area contributed by atoms with Crippen molar-refractivity contribution in [1.82, 2.24) is 25.4 Å². The van der Waals surface area contributed by atoms with E-state index < -0.39 is 0 Å². The summed E-state index contributed by atoms with van der Waals surface area (Å²) in [6.45, 7) is 2.30. The fourth-order valence-electron chi connectivity index (χ4n) is 4.50. The summed E-state index contributed by atoms with van der Waals surface area (Å²) in [4.78, 5) is 41.4. The Balaban J connectivity index is 1.36. The maximum Gasteiger partial charge on any atom is 0.267 e. The molecule has 0 unspecified atom stereocenters. The van der Waals surface area contributed by atoms with Gasteiger partial charge in [-0.2, -0.15) is 5.10 Å². The van der Waals surface area contributed by atoms with Crippen molar-refractivity contribution in [1.29, 1.82) is 0 Å². The van der Waals surface area contributed by atoms with E-state index in [0.717, 1.165) is 42.3 Å². The van der Waals surface area contributed by atoms with Crippen molar-refractivity contribution < 1.29 is 9.59 Å². The summed E-state index contributed by atoms with van der Waals surface area (Å²) < 4.78 is 1.19. The van der Waals surface area contributed by atoms with Gasteiger partial charge in [0.25, 0.3) is 11.5 Å². The highest BCUT2D eigenvalue weighted by atomic mass is 16.2. The highest BCUT2D eigenvalue weighted by Crippen LogP contribution is 2.36. The fourth-order valence-corrected chi connectivity index (χ4v) is 4.50. The molecule has 1 aromatic carbocycles. The van der Waals surface area contributed by atoms with Crippen LogP contribution >= 0.6 is 0 Å². The molecule has 172 valence electrons. The van der Waals surface area contributed by atoms with E-state index >= 15 is 0 Å². The summed E-state index contributed by atoms with van der Waals surface area (Å²) in [7, 11) is 1.64. The molecule has 2 N–H and O–H groups in total. The van der Waals surface area contributed by atoms with Gasteiger partial charge in [0.2, 0.25) is 5.91 Å². The van der Waals surface area contributed by atoms with Crippen LogP contribution in [0.1, 0.15) is 53.3 Å². The van der Waals surface area contributed by atoms with Gasteiger partial charge in [-0.15, -0.1) is 0 Å². The van der Waals surface area contributed by atoms with Crippen LogP contribution in [0.15, 0.2) is 47.3 Å². The van der Waals surface area contributed by atoms with Gasteiger partial charge in [-0.25, -0.2) is 4.68 Å². The van der Waals surface area contributed by atoms with Crippen LogP contribution in [-0.4, -0.2) is 40.2 Å². The van der Waals surface area contributed by atoms with E-state index in [1.165, 1.54) is 10.7 Å². The van der Waals surface area contributed by atoms with Crippen molar-refractivity contribution in [2.24, 2.45) is 5.92 Å². The standard InChI is InChI=1S/C25H29N5O3/c1-16-7-12-24(32)30(29-16)15-23(31)27-14-17-8-10-18(11-9-17)22-13-20(25(33)26-2)19-5-3-4-6-21(19)28-22/h3-7,12-13,17-18H,8-11,14-15H2,1-2H3,(H,26,33)(H,27,31). The molecule has 1 fully saturated rings. The van der Waals surface area contributed by atoms with E-state index in [0.29, 0.717) is 29.6 Å². The van der Waals surface area contributed by atoms with Crippen LogP contribution in [0.3, 0.4) is 0 Å². The van der Waals surface area contributed by atoms with Crippen LogP contribution in [0.5, 0.6) is 0 Å². The maximum atomic E-state index is 12.4. The van der Waals surface area contributed by atoms with Crippen LogP contribution < -0.4 is 16.2 Å². The molecule has 8 nitrogen and oxygen atoms in total. The van der Waals surface area contributed by atoms with Gasteiger partial charge < -0.3 is 10.6 Å². The first kappa shape index (κ1) is 22.6. The lowest BCUT2D eigenvalue weighted by Gasteiger charge is -2.28. The zero-order valence-corrected chi connectivity index (χ0v) is 19.0. The molecule has 1 aliphatic carbocycles. The molecule has 3 aromatic rings. The van der Waals surface area contributed by atoms with Crippen LogP contribution in [0.4, 0.5) is 0 Å². The van der Waals surface area contributed by atoms with Gasteiger partial charge in [-0.3, -0.25) is 19.4 Å². The van der Waals surface area contributed by atoms with Gasteiger partial charge in [-0.1, -0.05) is 18.2 Å². The summed E-state index contributed by atoms with van der Waals surface area (Å²) in [6, 6.07) is 12.7. The smallest absolute Gasteiger partial charge is 0.267 e. The van der Waals surface area contributed by atoms with E-state index in [4.69, 9.17) is 4.98 Å². The molecule has 0 radical (unpaired) electrons. The molecule has 0 saturated heterocycles. The normalized spacial score (nSPS) is 18.1. The number of fused-ring (bicyclic) bond motifs is 1. The number of aromatic nitrogens is 3. The number of para-hydroxylation sites is 1. The first-order valence-corrected chi connectivity index (χ1v) is 11.4. The van der Waals surface area contributed by atoms with Crippen molar-refractivity contribution in [3.8, 4) is 0 Å². The Labute approximate surface area is 192 Å². The molecule has 4 rings (SSSR count). The molecule has 1 saturated carbocycles. The molecule has 0 bridgehead atoms. The second-order valence-electron chi connectivity index (χ2n) is 8.68. The van der Waals surface area contributed by atoms with Crippen molar-refractivity contribution in [2.45, 2.75) is 45.1 Å². The SMILES string of the molecule is CNC(=O)c1cc(C2CCC(CNC(=O)Cn3nc(C)ccc3=O)CC2)nc2ccccc12. The molecule has 2 aromatic heterocycles. The maximum absolute atomic E-state index is 12.4. The van der Waals surface area contributed by atoms with Crippen molar-refractivity contribution in [2.75, 3.05) is 13.6 Å². The Morgan fingerprint density at radius 1 is 1.09 bits per heavy atom. The summed E-state index contributed by atoms with van der Waals surface area (Å²) in [5.74, 6) is 0.364. The Kier molecular flexibility index (Phi) is 6.82. The number of carbonyl (C=O) groups is 2. The zero-order valence-electron chi connectivity index (χ0n) is 19.0. The summed E-state index contributed by atoms with van der Waals surface area (Å²) >= 11 is 0. The van der Waals surface area contributed by atoms with Crippen LogP contribution in [-0.2, 0) is 11.3 Å². The molecule has 2 amide bonds. The average Bonchev–Trinajstić information content (AvgIpc) is 2.84. The minimum atomic E-state index is -0.282. The molecule has 0 aliphatic heterocycles. The van der Waals surface area contributed by atoms with Crippen LogP contribution in [0, 0.1) is 12.8 Å². The Morgan fingerprint density at radius 3 is 2.61 bits per heavy atom. The van der Waals surface area contributed by atoms with E-state index in [1.807, 2.05) is 30.3 Å². The van der Waals surface area contributed by atoms with Gasteiger partial charge in [0, 0.05) is 36.7 Å². The van der Waals surface area contributed by atoms with Crippen LogP contribution in [0.25, 0.3) is 10.9 Å². The molecular formula is C25H29N5O3. The van der Waals surface area contributed by atoms with Gasteiger partial charge in [0.1, 0.15) is 6.54 Å².